The third kappa shape index (κ3) is 1.23. The minimum atomic E-state index is 0.443. The van der Waals surface area contributed by atoms with Crippen LogP contribution in [0.1, 0.15) is 5.56 Å². The Morgan fingerprint density at radius 3 is 3.08 bits per heavy atom. The molecule has 0 aliphatic heterocycles. The highest BCUT2D eigenvalue weighted by atomic mass is 79.9. The first-order valence-corrected chi connectivity index (χ1v) is 4.74. The zero-order valence-electron chi connectivity index (χ0n) is 6.05. The molecule has 2 nitrogen and oxygen atoms in total. The Morgan fingerprint density at radius 2 is 2.33 bits per heavy atom. The summed E-state index contributed by atoms with van der Waals surface area (Å²) >= 11 is 8.88. The van der Waals surface area contributed by atoms with E-state index in [9.17, 15) is 0 Å². The lowest BCUT2D eigenvalue weighted by atomic mass is 10.2. The van der Waals surface area contributed by atoms with Crippen LogP contribution in [-0.4, -0.2) is 4.98 Å². The molecule has 0 atom stereocenters. The van der Waals surface area contributed by atoms with Crippen molar-refractivity contribution in [2.24, 2.45) is 0 Å². The molecule has 62 valence electrons. The molecular formula is C8H5BrClNO. The fourth-order valence-corrected chi connectivity index (χ4v) is 1.65. The van der Waals surface area contributed by atoms with Crippen LogP contribution in [0.3, 0.4) is 0 Å². The molecular weight excluding hydrogens is 241 g/mol. The Hall–Kier alpha value is -0.540. The molecule has 0 aliphatic carbocycles. The first kappa shape index (κ1) is 8.08. The van der Waals surface area contributed by atoms with Gasteiger partial charge in [0.1, 0.15) is 5.52 Å². The molecule has 2 aromatic rings. The van der Waals surface area contributed by atoms with Gasteiger partial charge in [-0.2, -0.15) is 0 Å². The average Bonchev–Trinajstić information content (AvgIpc) is 2.44. The summed E-state index contributed by atoms with van der Waals surface area (Å²) < 4.78 is 5.31. The zero-order valence-corrected chi connectivity index (χ0v) is 8.39. The van der Waals surface area contributed by atoms with Crippen LogP contribution < -0.4 is 0 Å². The van der Waals surface area contributed by atoms with Crippen LogP contribution in [0.25, 0.3) is 11.1 Å². The summed E-state index contributed by atoms with van der Waals surface area (Å²) in [6.45, 7) is 0. The third-order valence-corrected chi connectivity index (χ3v) is 2.24. The van der Waals surface area contributed by atoms with Gasteiger partial charge in [-0.15, -0.1) is 11.6 Å². The lowest BCUT2D eigenvalue weighted by molar-refractivity contribution is 0.568. The third-order valence-electron chi connectivity index (χ3n) is 1.61. The topological polar surface area (TPSA) is 26.0 Å². The van der Waals surface area contributed by atoms with E-state index in [0.29, 0.717) is 10.7 Å². The van der Waals surface area contributed by atoms with Crippen LogP contribution in [0.2, 0.25) is 0 Å². The Kier molecular flexibility index (Phi) is 2.07. The molecule has 0 aliphatic rings. The van der Waals surface area contributed by atoms with Gasteiger partial charge in [0.25, 0.3) is 4.80 Å². The molecule has 1 aromatic carbocycles. The van der Waals surface area contributed by atoms with E-state index in [4.69, 9.17) is 16.0 Å². The molecule has 0 N–H and O–H groups in total. The number of benzene rings is 1. The van der Waals surface area contributed by atoms with Gasteiger partial charge >= 0.3 is 0 Å². The molecule has 1 heterocycles. The number of para-hydroxylation sites is 1. The molecule has 0 radical (unpaired) electrons. The van der Waals surface area contributed by atoms with E-state index in [1.807, 2.05) is 18.2 Å². The molecule has 0 saturated carbocycles. The molecule has 0 saturated heterocycles. The molecule has 2 rings (SSSR count). The Balaban J connectivity index is 2.78. The molecule has 1 aromatic heterocycles. The maximum Gasteiger partial charge on any atom is 0.265 e. The van der Waals surface area contributed by atoms with E-state index in [1.165, 1.54) is 0 Å². The van der Waals surface area contributed by atoms with E-state index in [2.05, 4.69) is 20.9 Å². The SMILES string of the molecule is ClCc1cccc2nc(Br)oc12. The van der Waals surface area contributed by atoms with Gasteiger partial charge < -0.3 is 4.42 Å². The van der Waals surface area contributed by atoms with E-state index >= 15 is 0 Å². The van der Waals surface area contributed by atoms with Crippen LogP contribution in [0.15, 0.2) is 27.4 Å². The van der Waals surface area contributed by atoms with Gasteiger partial charge in [-0.1, -0.05) is 12.1 Å². The van der Waals surface area contributed by atoms with Crippen molar-refractivity contribution in [2.45, 2.75) is 5.88 Å². The van der Waals surface area contributed by atoms with Crippen molar-refractivity contribution in [3.63, 3.8) is 0 Å². The quantitative estimate of drug-likeness (QED) is 0.721. The molecule has 0 spiro atoms. The number of alkyl halides is 1. The number of hydrogen-bond acceptors (Lipinski definition) is 2. The Bertz CT molecular complexity index is 412. The van der Waals surface area contributed by atoms with Crippen molar-refractivity contribution in [3.05, 3.63) is 28.6 Å². The molecule has 4 heteroatoms. The van der Waals surface area contributed by atoms with Crippen LogP contribution in [0.5, 0.6) is 0 Å². The number of oxazole rings is 1. The fraction of sp³-hybridized carbons (Fsp3) is 0.125. The first-order chi connectivity index (χ1) is 5.81. The van der Waals surface area contributed by atoms with Gasteiger partial charge in [-0.05, 0) is 6.07 Å². The van der Waals surface area contributed by atoms with E-state index in [1.54, 1.807) is 0 Å². The van der Waals surface area contributed by atoms with Crippen LogP contribution in [0.4, 0.5) is 0 Å². The predicted octanol–water partition coefficient (Wildman–Crippen LogP) is 3.33. The van der Waals surface area contributed by atoms with Gasteiger partial charge in [0, 0.05) is 21.5 Å². The minimum absolute atomic E-state index is 0.443. The van der Waals surface area contributed by atoms with Gasteiger partial charge in [0.05, 0.1) is 5.88 Å². The molecule has 12 heavy (non-hydrogen) atoms. The number of halogens is 2. The predicted molar refractivity (Wildman–Crippen MR) is 51.3 cm³/mol. The lowest BCUT2D eigenvalue weighted by Crippen LogP contribution is -1.77. The van der Waals surface area contributed by atoms with Crippen LogP contribution >= 0.6 is 27.5 Å². The number of hydrogen-bond donors (Lipinski definition) is 0. The maximum absolute atomic E-state index is 5.71. The second-order valence-electron chi connectivity index (χ2n) is 2.37. The van der Waals surface area contributed by atoms with Crippen molar-refractivity contribution >= 4 is 38.6 Å². The first-order valence-electron chi connectivity index (χ1n) is 3.41. The lowest BCUT2D eigenvalue weighted by Gasteiger charge is -1.92. The smallest absolute Gasteiger partial charge is 0.265 e. The largest absolute Gasteiger partial charge is 0.431 e. The summed E-state index contributed by atoms with van der Waals surface area (Å²) in [6, 6.07) is 5.72. The molecule has 0 bridgehead atoms. The highest BCUT2D eigenvalue weighted by molar-refractivity contribution is 9.10. The Labute approximate surface area is 82.7 Å². The Morgan fingerprint density at radius 1 is 1.50 bits per heavy atom. The average molecular weight is 246 g/mol. The highest BCUT2D eigenvalue weighted by Gasteiger charge is 2.06. The van der Waals surface area contributed by atoms with Gasteiger partial charge in [0.2, 0.25) is 0 Å². The van der Waals surface area contributed by atoms with Crippen molar-refractivity contribution < 1.29 is 4.42 Å². The summed E-state index contributed by atoms with van der Waals surface area (Å²) in [7, 11) is 0. The second kappa shape index (κ2) is 3.07. The molecule has 0 unspecified atom stereocenters. The normalized spacial score (nSPS) is 10.8. The summed E-state index contributed by atoms with van der Waals surface area (Å²) in [5, 5.41) is 0. The summed E-state index contributed by atoms with van der Waals surface area (Å²) in [5.41, 5.74) is 2.56. The monoisotopic (exact) mass is 245 g/mol. The zero-order chi connectivity index (χ0) is 8.55. The maximum atomic E-state index is 5.71. The molecule has 0 fully saturated rings. The van der Waals surface area contributed by atoms with E-state index in [0.717, 1.165) is 16.7 Å². The van der Waals surface area contributed by atoms with E-state index < -0.39 is 0 Å². The number of fused-ring (bicyclic) bond motifs is 1. The number of aromatic nitrogens is 1. The number of rotatable bonds is 1. The second-order valence-corrected chi connectivity index (χ2v) is 3.31. The van der Waals surface area contributed by atoms with Gasteiger partial charge in [0.15, 0.2) is 5.58 Å². The highest BCUT2D eigenvalue weighted by Crippen LogP contribution is 2.23. The minimum Gasteiger partial charge on any atom is -0.431 e. The van der Waals surface area contributed by atoms with Crippen LogP contribution in [-0.2, 0) is 5.88 Å². The summed E-state index contributed by atoms with van der Waals surface area (Å²) in [6.07, 6.45) is 0. The van der Waals surface area contributed by atoms with Crippen LogP contribution in [0, 0.1) is 0 Å². The van der Waals surface area contributed by atoms with Crippen molar-refractivity contribution in [1.29, 1.82) is 0 Å². The van der Waals surface area contributed by atoms with Gasteiger partial charge in [-0.25, -0.2) is 4.98 Å². The van der Waals surface area contributed by atoms with Crippen molar-refractivity contribution in [3.8, 4) is 0 Å². The van der Waals surface area contributed by atoms with Crippen molar-refractivity contribution in [1.82, 2.24) is 4.98 Å². The number of nitrogens with zero attached hydrogens (tertiary/aromatic N) is 1. The summed E-state index contributed by atoms with van der Waals surface area (Å²) in [5.74, 6) is 0.443. The fourth-order valence-electron chi connectivity index (χ4n) is 1.08. The van der Waals surface area contributed by atoms with Crippen molar-refractivity contribution in [2.75, 3.05) is 0 Å². The summed E-state index contributed by atoms with van der Waals surface area (Å²) in [4.78, 5) is 4.61. The molecule has 0 amide bonds. The van der Waals surface area contributed by atoms with Gasteiger partial charge in [-0.3, -0.25) is 0 Å². The standard InChI is InChI=1S/C8H5BrClNO/c9-8-11-6-3-1-2-5(4-10)7(6)12-8/h1-3H,4H2. The van der Waals surface area contributed by atoms with E-state index in [-0.39, 0.29) is 0 Å².